The Morgan fingerprint density at radius 3 is 2.81 bits per heavy atom. The highest BCUT2D eigenvalue weighted by molar-refractivity contribution is 7.99. The first-order valence-corrected chi connectivity index (χ1v) is 6.37. The highest BCUT2D eigenvalue weighted by atomic mass is 32.2. The molecule has 0 radical (unpaired) electrons. The Kier molecular flexibility index (Phi) is 3.77. The zero-order chi connectivity index (χ0) is 11.4. The van der Waals surface area contributed by atoms with Crippen molar-refractivity contribution in [3.05, 3.63) is 17.8 Å². The normalized spacial score (nSPS) is 17.2. The fourth-order valence-electron chi connectivity index (χ4n) is 1.91. The Labute approximate surface area is 98.5 Å². The molecule has 1 aliphatic carbocycles. The average molecular weight is 238 g/mol. The van der Waals surface area contributed by atoms with E-state index in [-0.39, 0.29) is 5.56 Å². The molecule has 1 fully saturated rings. The second-order valence-electron chi connectivity index (χ2n) is 3.93. The zero-order valence-corrected chi connectivity index (χ0v) is 9.74. The van der Waals surface area contributed by atoms with E-state index in [4.69, 9.17) is 5.11 Å². The number of aromatic carboxylic acids is 1. The molecule has 0 aromatic carbocycles. The van der Waals surface area contributed by atoms with Crippen LogP contribution < -0.4 is 0 Å². The van der Waals surface area contributed by atoms with Crippen molar-refractivity contribution in [1.29, 1.82) is 0 Å². The predicted molar refractivity (Wildman–Crippen MR) is 61.7 cm³/mol. The lowest BCUT2D eigenvalue weighted by atomic mass is 10.0. The van der Waals surface area contributed by atoms with Crippen LogP contribution in [0.2, 0.25) is 0 Å². The van der Waals surface area contributed by atoms with Gasteiger partial charge in [-0.15, -0.1) is 16.9 Å². The summed E-state index contributed by atoms with van der Waals surface area (Å²) in [5, 5.41) is 17.8. The highest BCUT2D eigenvalue weighted by Crippen LogP contribution is 2.33. The van der Waals surface area contributed by atoms with Gasteiger partial charge in [0.15, 0.2) is 0 Å². The molecule has 1 aliphatic rings. The van der Waals surface area contributed by atoms with Gasteiger partial charge >= 0.3 is 5.97 Å². The molecule has 0 bridgehead atoms. The largest absolute Gasteiger partial charge is 0.478 e. The van der Waals surface area contributed by atoms with E-state index in [1.54, 1.807) is 11.8 Å². The molecule has 1 heterocycles. The van der Waals surface area contributed by atoms with E-state index in [1.165, 1.54) is 31.5 Å². The first-order chi connectivity index (χ1) is 7.77. The number of aromatic nitrogens is 2. The van der Waals surface area contributed by atoms with Gasteiger partial charge in [0.05, 0.1) is 11.8 Å². The van der Waals surface area contributed by atoms with Crippen molar-refractivity contribution >= 4 is 17.7 Å². The predicted octanol–water partition coefficient (Wildman–Crippen LogP) is 2.60. The lowest BCUT2D eigenvalue weighted by Crippen LogP contribution is -2.10. The molecule has 86 valence electrons. The number of nitrogens with zero attached hydrogens (tertiary/aromatic N) is 2. The van der Waals surface area contributed by atoms with Gasteiger partial charge in [0.2, 0.25) is 0 Å². The molecule has 4 nitrogen and oxygen atoms in total. The fraction of sp³-hybridized carbons (Fsp3) is 0.545. The smallest absolute Gasteiger partial charge is 0.338 e. The van der Waals surface area contributed by atoms with Crippen LogP contribution >= 0.6 is 11.8 Å². The maximum Gasteiger partial charge on any atom is 0.338 e. The first kappa shape index (κ1) is 11.4. The molecule has 1 saturated carbocycles. The summed E-state index contributed by atoms with van der Waals surface area (Å²) < 4.78 is 0. The monoisotopic (exact) mass is 238 g/mol. The van der Waals surface area contributed by atoms with Crippen molar-refractivity contribution in [2.24, 2.45) is 0 Å². The Morgan fingerprint density at radius 2 is 2.12 bits per heavy atom. The first-order valence-electron chi connectivity index (χ1n) is 5.49. The molecular formula is C11H14N2O2S. The molecule has 0 atom stereocenters. The van der Waals surface area contributed by atoms with Crippen LogP contribution in [0.25, 0.3) is 0 Å². The number of hydrogen-bond acceptors (Lipinski definition) is 4. The summed E-state index contributed by atoms with van der Waals surface area (Å²) in [6, 6.07) is 1.51. The number of carbonyl (C=O) groups is 1. The van der Waals surface area contributed by atoms with E-state index in [1.807, 2.05) is 0 Å². The Morgan fingerprint density at radius 1 is 1.38 bits per heavy atom. The van der Waals surface area contributed by atoms with Crippen molar-refractivity contribution < 1.29 is 9.90 Å². The maximum atomic E-state index is 11.0. The quantitative estimate of drug-likeness (QED) is 0.877. The van der Waals surface area contributed by atoms with Crippen LogP contribution in [0.4, 0.5) is 0 Å². The molecule has 5 heteroatoms. The second-order valence-corrected chi connectivity index (χ2v) is 5.22. The Hall–Kier alpha value is -1.10. The van der Waals surface area contributed by atoms with E-state index >= 15 is 0 Å². The second kappa shape index (κ2) is 5.30. The number of carboxylic acids is 1. The molecule has 1 N–H and O–H groups in total. The van der Waals surface area contributed by atoms with Crippen LogP contribution in [-0.4, -0.2) is 26.5 Å². The minimum atomic E-state index is -0.923. The third kappa shape index (κ3) is 2.72. The minimum Gasteiger partial charge on any atom is -0.478 e. The third-order valence-corrected chi connectivity index (χ3v) is 4.08. The summed E-state index contributed by atoms with van der Waals surface area (Å²) in [5.74, 6) is -0.923. The van der Waals surface area contributed by atoms with Gasteiger partial charge in [-0.3, -0.25) is 0 Å². The average Bonchev–Trinajstić information content (AvgIpc) is 2.31. The molecule has 1 aromatic rings. The number of rotatable bonds is 3. The Balaban J connectivity index is 2.10. The SMILES string of the molecule is O=C(O)c1ccnnc1SC1CCCCC1. The van der Waals surface area contributed by atoms with Gasteiger partial charge in [-0.1, -0.05) is 19.3 Å². The van der Waals surface area contributed by atoms with Crippen LogP contribution in [0.15, 0.2) is 17.3 Å². The molecule has 0 unspecified atom stereocenters. The lowest BCUT2D eigenvalue weighted by molar-refractivity contribution is 0.0692. The molecule has 2 rings (SSSR count). The Bertz CT molecular complexity index is 378. The van der Waals surface area contributed by atoms with Crippen LogP contribution in [0.3, 0.4) is 0 Å². The van der Waals surface area contributed by atoms with Crippen LogP contribution in [0, 0.1) is 0 Å². The van der Waals surface area contributed by atoms with E-state index < -0.39 is 5.97 Å². The summed E-state index contributed by atoms with van der Waals surface area (Å²) in [4.78, 5) is 11.0. The van der Waals surface area contributed by atoms with Gasteiger partial charge in [0, 0.05) is 5.25 Å². The molecule has 0 spiro atoms. The van der Waals surface area contributed by atoms with Crippen molar-refractivity contribution in [2.75, 3.05) is 0 Å². The molecule has 0 aliphatic heterocycles. The highest BCUT2D eigenvalue weighted by Gasteiger charge is 2.19. The minimum absolute atomic E-state index is 0.269. The zero-order valence-electron chi connectivity index (χ0n) is 8.93. The molecule has 0 amide bonds. The van der Waals surface area contributed by atoms with Gasteiger partial charge in [0.1, 0.15) is 5.03 Å². The van der Waals surface area contributed by atoms with Crippen molar-refractivity contribution in [1.82, 2.24) is 10.2 Å². The number of carboxylic acid groups (broad SMARTS) is 1. The molecular weight excluding hydrogens is 224 g/mol. The summed E-state index contributed by atoms with van der Waals surface area (Å²) >= 11 is 1.57. The van der Waals surface area contributed by atoms with E-state index in [2.05, 4.69) is 10.2 Å². The van der Waals surface area contributed by atoms with Crippen LogP contribution in [-0.2, 0) is 0 Å². The van der Waals surface area contributed by atoms with Crippen LogP contribution in [0.5, 0.6) is 0 Å². The maximum absolute atomic E-state index is 11.0. The van der Waals surface area contributed by atoms with Crippen molar-refractivity contribution in [3.8, 4) is 0 Å². The van der Waals surface area contributed by atoms with Gasteiger partial charge in [-0.2, -0.15) is 5.10 Å². The van der Waals surface area contributed by atoms with Gasteiger partial charge in [-0.05, 0) is 18.9 Å². The lowest BCUT2D eigenvalue weighted by Gasteiger charge is -2.20. The summed E-state index contributed by atoms with van der Waals surface area (Å²) in [6.45, 7) is 0. The molecule has 0 saturated heterocycles. The van der Waals surface area contributed by atoms with Gasteiger partial charge < -0.3 is 5.11 Å². The standard InChI is InChI=1S/C11H14N2O2S/c14-11(15)9-6-7-12-13-10(9)16-8-4-2-1-3-5-8/h6-8H,1-5H2,(H,14,15). The molecule has 16 heavy (non-hydrogen) atoms. The van der Waals surface area contributed by atoms with Gasteiger partial charge in [-0.25, -0.2) is 4.79 Å². The number of hydrogen-bond donors (Lipinski definition) is 1. The van der Waals surface area contributed by atoms with Gasteiger partial charge in [0.25, 0.3) is 0 Å². The van der Waals surface area contributed by atoms with E-state index in [0.29, 0.717) is 10.3 Å². The van der Waals surface area contributed by atoms with Crippen LogP contribution in [0.1, 0.15) is 42.5 Å². The van der Waals surface area contributed by atoms with Crippen molar-refractivity contribution in [2.45, 2.75) is 42.4 Å². The van der Waals surface area contributed by atoms with E-state index in [0.717, 1.165) is 12.8 Å². The summed E-state index contributed by atoms with van der Waals surface area (Å²) in [5.41, 5.74) is 0.269. The fourth-order valence-corrected chi connectivity index (χ4v) is 3.17. The summed E-state index contributed by atoms with van der Waals surface area (Å²) in [7, 11) is 0. The number of thioether (sulfide) groups is 1. The van der Waals surface area contributed by atoms with E-state index in [9.17, 15) is 4.79 Å². The third-order valence-electron chi connectivity index (χ3n) is 2.75. The topological polar surface area (TPSA) is 63.1 Å². The molecule has 1 aromatic heterocycles. The summed E-state index contributed by atoms with van der Waals surface area (Å²) in [6.07, 6.45) is 7.50. The van der Waals surface area contributed by atoms with Crippen molar-refractivity contribution in [3.63, 3.8) is 0 Å².